The predicted molar refractivity (Wildman–Crippen MR) is 80.9 cm³/mol. The predicted octanol–water partition coefficient (Wildman–Crippen LogP) is 1.28. The van der Waals surface area contributed by atoms with Crippen LogP contribution in [0.3, 0.4) is 0 Å². The lowest BCUT2D eigenvalue weighted by Gasteiger charge is -2.38. The monoisotopic (exact) mass is 300 g/mol. The fourth-order valence-corrected chi connectivity index (χ4v) is 2.81. The van der Waals surface area contributed by atoms with Crippen LogP contribution in [0.2, 0.25) is 0 Å². The van der Waals surface area contributed by atoms with Gasteiger partial charge < -0.3 is 15.0 Å². The second kappa shape index (κ2) is 4.98. The first-order chi connectivity index (χ1) is 10.4. The Balaban J connectivity index is 2.07. The molecule has 1 aromatic heterocycles. The first-order valence-corrected chi connectivity index (χ1v) is 7.09. The Morgan fingerprint density at radius 1 is 1.27 bits per heavy atom. The fraction of sp³-hybridized carbons (Fsp3) is 0.312. The molecule has 1 heterocycles. The van der Waals surface area contributed by atoms with Crippen LogP contribution in [0.5, 0.6) is 0 Å². The lowest BCUT2D eigenvalue weighted by Crippen LogP contribution is -2.59. The highest BCUT2D eigenvalue weighted by atomic mass is 16.4. The number of carbonyl (C=O) groups is 2. The number of hydrogen-bond acceptors (Lipinski definition) is 3. The number of nitrogens with one attached hydrogen (secondary N) is 1. The maximum atomic E-state index is 12.5. The van der Waals surface area contributed by atoms with E-state index in [0.717, 1.165) is 6.42 Å². The largest absolute Gasteiger partial charge is 0.480 e. The fourth-order valence-electron chi connectivity index (χ4n) is 2.81. The zero-order valence-corrected chi connectivity index (χ0v) is 12.1. The van der Waals surface area contributed by atoms with Crippen LogP contribution in [0.25, 0.3) is 10.9 Å². The second-order valence-corrected chi connectivity index (χ2v) is 5.67. The van der Waals surface area contributed by atoms with Crippen LogP contribution in [0.4, 0.5) is 0 Å². The SMILES string of the molecule is Cn1c(=O)cc(C(=O)NC2(C(=O)O)CCC2)c2ccccc21. The molecule has 1 aliphatic carbocycles. The number of carbonyl (C=O) groups excluding carboxylic acids is 1. The number of benzene rings is 1. The van der Waals surface area contributed by atoms with Crippen molar-refractivity contribution >= 4 is 22.8 Å². The molecule has 0 bridgehead atoms. The van der Waals surface area contributed by atoms with Gasteiger partial charge in [-0.05, 0) is 25.3 Å². The molecule has 0 unspecified atom stereocenters. The Labute approximate surface area is 126 Å². The van der Waals surface area contributed by atoms with Gasteiger partial charge >= 0.3 is 5.97 Å². The van der Waals surface area contributed by atoms with Gasteiger partial charge in [-0.3, -0.25) is 9.59 Å². The van der Waals surface area contributed by atoms with Crippen LogP contribution >= 0.6 is 0 Å². The van der Waals surface area contributed by atoms with Crippen molar-refractivity contribution in [1.29, 1.82) is 0 Å². The summed E-state index contributed by atoms with van der Waals surface area (Å²) >= 11 is 0. The Morgan fingerprint density at radius 3 is 2.55 bits per heavy atom. The van der Waals surface area contributed by atoms with Crippen molar-refractivity contribution in [2.75, 3.05) is 0 Å². The molecule has 1 aliphatic rings. The van der Waals surface area contributed by atoms with Crippen molar-refractivity contribution in [1.82, 2.24) is 9.88 Å². The van der Waals surface area contributed by atoms with Gasteiger partial charge in [0.15, 0.2) is 0 Å². The highest BCUT2D eigenvalue weighted by molar-refractivity contribution is 6.07. The zero-order chi connectivity index (χ0) is 15.9. The van der Waals surface area contributed by atoms with Crippen LogP contribution < -0.4 is 10.9 Å². The third-order valence-corrected chi connectivity index (χ3v) is 4.37. The van der Waals surface area contributed by atoms with E-state index in [1.807, 2.05) is 0 Å². The molecule has 0 radical (unpaired) electrons. The molecular formula is C16H16N2O4. The Hall–Kier alpha value is -2.63. The molecule has 1 amide bonds. The summed E-state index contributed by atoms with van der Waals surface area (Å²) in [6.07, 6.45) is 1.59. The first-order valence-electron chi connectivity index (χ1n) is 7.09. The number of pyridine rings is 1. The number of hydrogen-bond donors (Lipinski definition) is 2. The summed E-state index contributed by atoms with van der Waals surface area (Å²) in [6, 6.07) is 8.32. The van der Waals surface area contributed by atoms with E-state index in [2.05, 4.69) is 5.32 Å². The van der Waals surface area contributed by atoms with Gasteiger partial charge in [0.05, 0.1) is 11.1 Å². The molecule has 2 aromatic rings. The van der Waals surface area contributed by atoms with Crippen molar-refractivity contribution in [3.63, 3.8) is 0 Å². The minimum absolute atomic E-state index is 0.214. The van der Waals surface area contributed by atoms with E-state index < -0.39 is 17.4 Å². The smallest absolute Gasteiger partial charge is 0.329 e. The van der Waals surface area contributed by atoms with Crippen molar-refractivity contribution < 1.29 is 14.7 Å². The van der Waals surface area contributed by atoms with Gasteiger partial charge in [-0.1, -0.05) is 18.2 Å². The van der Waals surface area contributed by atoms with Crippen molar-refractivity contribution in [2.24, 2.45) is 7.05 Å². The van der Waals surface area contributed by atoms with Crippen LogP contribution in [0.15, 0.2) is 35.1 Å². The van der Waals surface area contributed by atoms with E-state index in [4.69, 9.17) is 0 Å². The van der Waals surface area contributed by atoms with Crippen molar-refractivity contribution in [2.45, 2.75) is 24.8 Å². The van der Waals surface area contributed by atoms with Crippen LogP contribution in [0, 0.1) is 0 Å². The summed E-state index contributed by atoms with van der Waals surface area (Å²) in [5.74, 6) is -1.55. The number of para-hydroxylation sites is 1. The number of nitrogens with zero attached hydrogens (tertiary/aromatic N) is 1. The van der Waals surface area contributed by atoms with Gasteiger partial charge in [-0.2, -0.15) is 0 Å². The second-order valence-electron chi connectivity index (χ2n) is 5.67. The number of rotatable bonds is 3. The molecule has 1 fully saturated rings. The van der Waals surface area contributed by atoms with E-state index in [0.29, 0.717) is 23.7 Å². The first kappa shape index (κ1) is 14.3. The summed E-state index contributed by atoms with van der Waals surface area (Å²) in [6.45, 7) is 0. The molecule has 114 valence electrons. The molecular weight excluding hydrogens is 284 g/mol. The molecule has 1 aromatic carbocycles. The summed E-state index contributed by atoms with van der Waals surface area (Å²) in [5.41, 5.74) is -0.648. The summed E-state index contributed by atoms with van der Waals surface area (Å²) < 4.78 is 1.46. The number of fused-ring (bicyclic) bond motifs is 1. The van der Waals surface area contributed by atoms with Gasteiger partial charge in [-0.25, -0.2) is 4.79 Å². The van der Waals surface area contributed by atoms with Gasteiger partial charge in [0.2, 0.25) is 0 Å². The molecule has 6 nitrogen and oxygen atoms in total. The normalized spacial score (nSPS) is 16.0. The molecule has 0 aliphatic heterocycles. The minimum Gasteiger partial charge on any atom is -0.480 e. The number of amides is 1. The molecule has 6 heteroatoms. The number of carboxylic acids is 1. The van der Waals surface area contributed by atoms with Crippen molar-refractivity contribution in [3.05, 3.63) is 46.2 Å². The van der Waals surface area contributed by atoms with Crippen LogP contribution in [-0.2, 0) is 11.8 Å². The summed E-state index contributed by atoms with van der Waals surface area (Å²) in [7, 11) is 1.64. The zero-order valence-electron chi connectivity index (χ0n) is 12.1. The van der Waals surface area contributed by atoms with E-state index in [1.54, 1.807) is 31.3 Å². The van der Waals surface area contributed by atoms with Crippen LogP contribution in [0.1, 0.15) is 29.6 Å². The summed E-state index contributed by atoms with van der Waals surface area (Å²) in [5, 5.41) is 12.5. The van der Waals surface area contributed by atoms with Crippen LogP contribution in [-0.4, -0.2) is 27.1 Å². The quantitative estimate of drug-likeness (QED) is 0.893. The maximum Gasteiger partial charge on any atom is 0.329 e. The van der Waals surface area contributed by atoms with Gasteiger partial charge in [0, 0.05) is 18.5 Å². The molecule has 3 rings (SSSR count). The summed E-state index contributed by atoms with van der Waals surface area (Å²) in [4.78, 5) is 35.9. The lowest BCUT2D eigenvalue weighted by molar-refractivity contribution is -0.148. The van der Waals surface area contributed by atoms with E-state index >= 15 is 0 Å². The highest BCUT2D eigenvalue weighted by Gasteiger charge is 2.45. The maximum absolute atomic E-state index is 12.5. The van der Waals surface area contributed by atoms with Gasteiger partial charge in [0.1, 0.15) is 5.54 Å². The van der Waals surface area contributed by atoms with Gasteiger partial charge in [0.25, 0.3) is 11.5 Å². The molecule has 1 saturated carbocycles. The number of aromatic nitrogens is 1. The average Bonchev–Trinajstić information content (AvgIpc) is 2.46. The Morgan fingerprint density at radius 2 is 1.95 bits per heavy atom. The molecule has 22 heavy (non-hydrogen) atoms. The van der Waals surface area contributed by atoms with Crippen molar-refractivity contribution in [3.8, 4) is 0 Å². The average molecular weight is 300 g/mol. The number of carboxylic acid groups (broad SMARTS) is 1. The molecule has 0 spiro atoms. The number of aliphatic carboxylic acids is 1. The minimum atomic E-state index is -1.20. The van der Waals surface area contributed by atoms with E-state index in [-0.39, 0.29) is 11.1 Å². The lowest BCUT2D eigenvalue weighted by atomic mass is 9.76. The standard InChI is InChI=1S/C16H16N2O4/c1-18-12-6-3-2-5-10(12)11(9-13(18)19)14(20)17-16(15(21)22)7-4-8-16/h2-3,5-6,9H,4,7-8H2,1H3,(H,17,20)(H,21,22). The molecule has 0 saturated heterocycles. The topological polar surface area (TPSA) is 88.4 Å². The van der Waals surface area contributed by atoms with E-state index in [1.165, 1.54) is 10.6 Å². The molecule has 0 atom stereocenters. The highest BCUT2D eigenvalue weighted by Crippen LogP contribution is 2.32. The molecule has 2 N–H and O–H groups in total. The number of aryl methyl sites for hydroxylation is 1. The third kappa shape index (κ3) is 2.07. The van der Waals surface area contributed by atoms with E-state index in [9.17, 15) is 19.5 Å². The Kier molecular flexibility index (Phi) is 3.24. The third-order valence-electron chi connectivity index (χ3n) is 4.37. The Bertz CT molecular complexity index is 834. The van der Waals surface area contributed by atoms with Gasteiger partial charge in [-0.15, -0.1) is 0 Å².